The minimum atomic E-state index is -0.783. The van der Waals surface area contributed by atoms with Crippen molar-refractivity contribution >= 4 is 33.8 Å². The van der Waals surface area contributed by atoms with E-state index in [4.69, 9.17) is 5.11 Å². The number of aryl methyl sites for hydroxylation is 1. The van der Waals surface area contributed by atoms with E-state index in [1.807, 2.05) is 18.5 Å². The van der Waals surface area contributed by atoms with Gasteiger partial charge in [0, 0.05) is 23.7 Å². The molecule has 0 aliphatic rings. The van der Waals surface area contributed by atoms with Gasteiger partial charge >= 0.3 is 5.97 Å². The highest BCUT2D eigenvalue weighted by atomic mass is 32.1. The highest BCUT2D eigenvalue weighted by molar-refractivity contribution is 7.13. The predicted molar refractivity (Wildman–Crippen MR) is 79.2 cm³/mol. The van der Waals surface area contributed by atoms with Crippen LogP contribution in [0, 0.1) is 0 Å². The van der Waals surface area contributed by atoms with E-state index < -0.39 is 5.97 Å². The second-order valence-corrected chi connectivity index (χ2v) is 6.13. The number of nitrogens with zero attached hydrogens (tertiary/aromatic N) is 2. The summed E-state index contributed by atoms with van der Waals surface area (Å²) in [6.07, 6.45) is 0.625. The highest BCUT2D eigenvalue weighted by Crippen LogP contribution is 2.30. The summed E-state index contributed by atoms with van der Waals surface area (Å²) >= 11 is 3.29. The van der Waals surface area contributed by atoms with Crippen LogP contribution in [-0.4, -0.2) is 23.1 Å². The molecule has 1 atom stereocenters. The molecule has 0 saturated heterocycles. The van der Waals surface area contributed by atoms with Crippen molar-refractivity contribution in [1.82, 2.24) is 4.98 Å². The first-order valence-electron chi connectivity index (χ1n) is 6.00. The average molecular weight is 296 g/mol. The molecule has 0 spiro atoms. The minimum Gasteiger partial charge on any atom is -0.481 e. The maximum absolute atomic E-state index is 10.5. The van der Waals surface area contributed by atoms with E-state index in [-0.39, 0.29) is 12.5 Å². The molecular weight excluding hydrogens is 280 g/mol. The number of thiophene rings is 1. The molecule has 0 radical (unpaired) electrons. The smallest absolute Gasteiger partial charge is 0.303 e. The summed E-state index contributed by atoms with van der Waals surface area (Å²) in [6.45, 7) is 2.14. The third-order valence-electron chi connectivity index (χ3n) is 2.97. The van der Waals surface area contributed by atoms with Crippen LogP contribution in [0.5, 0.6) is 0 Å². The number of carboxylic acid groups (broad SMARTS) is 1. The van der Waals surface area contributed by atoms with E-state index in [9.17, 15) is 4.79 Å². The Labute approximate surface area is 120 Å². The molecule has 0 aromatic carbocycles. The average Bonchev–Trinajstić information content (AvgIpc) is 3.05. The summed E-state index contributed by atoms with van der Waals surface area (Å²) in [5.41, 5.74) is 0.854. The number of aliphatic carboxylic acids is 1. The van der Waals surface area contributed by atoms with E-state index in [0.29, 0.717) is 6.42 Å². The van der Waals surface area contributed by atoms with Gasteiger partial charge < -0.3 is 10.0 Å². The summed E-state index contributed by atoms with van der Waals surface area (Å²) < 4.78 is 0. The van der Waals surface area contributed by atoms with Gasteiger partial charge in [-0.15, -0.1) is 22.7 Å². The zero-order valence-corrected chi connectivity index (χ0v) is 12.5. The summed E-state index contributed by atoms with van der Waals surface area (Å²) in [5, 5.41) is 13.6. The number of hydrogen-bond donors (Lipinski definition) is 1. The van der Waals surface area contributed by atoms with Crippen molar-refractivity contribution in [3.63, 3.8) is 0 Å². The van der Waals surface area contributed by atoms with Crippen LogP contribution in [0.4, 0.5) is 5.13 Å². The van der Waals surface area contributed by atoms with E-state index in [1.54, 1.807) is 22.7 Å². The van der Waals surface area contributed by atoms with Crippen molar-refractivity contribution in [2.75, 3.05) is 11.9 Å². The fraction of sp³-hybridized carbons (Fsp3) is 0.385. The Kier molecular flexibility index (Phi) is 4.55. The number of anilines is 1. The Morgan fingerprint density at radius 3 is 2.95 bits per heavy atom. The van der Waals surface area contributed by atoms with Gasteiger partial charge in [-0.05, 0) is 18.4 Å². The molecule has 2 heterocycles. The fourth-order valence-corrected chi connectivity index (χ4v) is 3.43. The van der Waals surface area contributed by atoms with Gasteiger partial charge in [-0.1, -0.05) is 6.07 Å². The van der Waals surface area contributed by atoms with Crippen LogP contribution in [0.3, 0.4) is 0 Å². The second-order valence-electron chi connectivity index (χ2n) is 4.32. The Hall–Kier alpha value is -1.40. The minimum absolute atomic E-state index is 0.132. The van der Waals surface area contributed by atoms with Crippen molar-refractivity contribution in [2.24, 2.45) is 0 Å². The zero-order chi connectivity index (χ0) is 13.8. The molecule has 0 amide bonds. The van der Waals surface area contributed by atoms with E-state index in [0.717, 1.165) is 10.8 Å². The van der Waals surface area contributed by atoms with Crippen molar-refractivity contribution in [2.45, 2.75) is 25.8 Å². The first-order valence-corrected chi connectivity index (χ1v) is 7.76. The quantitative estimate of drug-likeness (QED) is 0.887. The maximum atomic E-state index is 10.5. The van der Waals surface area contributed by atoms with Crippen molar-refractivity contribution in [1.29, 1.82) is 0 Å². The zero-order valence-electron chi connectivity index (χ0n) is 10.9. The Bertz CT molecular complexity index is 537. The molecule has 0 saturated carbocycles. The van der Waals surface area contributed by atoms with Gasteiger partial charge in [0.2, 0.25) is 0 Å². The third kappa shape index (κ3) is 3.54. The Balaban J connectivity index is 2.03. The van der Waals surface area contributed by atoms with Crippen LogP contribution in [0.25, 0.3) is 0 Å². The van der Waals surface area contributed by atoms with Crippen molar-refractivity contribution < 1.29 is 9.90 Å². The molecule has 19 heavy (non-hydrogen) atoms. The summed E-state index contributed by atoms with van der Waals surface area (Å²) in [5.74, 6) is -0.783. The monoisotopic (exact) mass is 296 g/mol. The SMILES string of the molecule is CC(c1cccs1)N(C)c1nc(CCC(=O)O)cs1. The molecule has 2 aromatic heterocycles. The molecule has 4 nitrogen and oxygen atoms in total. The molecule has 0 aliphatic heterocycles. The normalized spacial score (nSPS) is 12.3. The van der Waals surface area contributed by atoms with Gasteiger partial charge in [0.15, 0.2) is 5.13 Å². The molecule has 1 N–H and O–H groups in total. The lowest BCUT2D eigenvalue weighted by Gasteiger charge is -2.23. The van der Waals surface area contributed by atoms with Crippen molar-refractivity contribution in [3.05, 3.63) is 33.5 Å². The van der Waals surface area contributed by atoms with Gasteiger partial charge in [-0.25, -0.2) is 4.98 Å². The molecule has 2 rings (SSSR count). The molecule has 0 fully saturated rings. The predicted octanol–water partition coefficient (Wildman–Crippen LogP) is 3.42. The first kappa shape index (κ1) is 14.0. The number of carbonyl (C=O) groups is 1. The second kappa shape index (κ2) is 6.16. The van der Waals surface area contributed by atoms with Crippen LogP contribution in [0.15, 0.2) is 22.9 Å². The molecular formula is C13H16N2O2S2. The largest absolute Gasteiger partial charge is 0.481 e. The lowest BCUT2D eigenvalue weighted by molar-refractivity contribution is -0.136. The molecule has 2 aromatic rings. The topological polar surface area (TPSA) is 53.4 Å². The van der Waals surface area contributed by atoms with Crippen LogP contribution in [0.2, 0.25) is 0 Å². The lowest BCUT2D eigenvalue weighted by atomic mass is 10.2. The molecule has 0 aliphatic carbocycles. The van der Waals surface area contributed by atoms with Gasteiger partial charge in [0.25, 0.3) is 0 Å². The van der Waals surface area contributed by atoms with E-state index >= 15 is 0 Å². The molecule has 102 valence electrons. The number of thiazole rings is 1. The van der Waals surface area contributed by atoms with Gasteiger partial charge in [-0.2, -0.15) is 0 Å². The van der Waals surface area contributed by atoms with Crippen LogP contribution >= 0.6 is 22.7 Å². The number of carboxylic acids is 1. The van der Waals surface area contributed by atoms with Crippen LogP contribution in [0.1, 0.15) is 30.0 Å². The maximum Gasteiger partial charge on any atom is 0.303 e. The molecule has 1 unspecified atom stereocenters. The molecule has 6 heteroatoms. The van der Waals surface area contributed by atoms with Crippen LogP contribution < -0.4 is 4.90 Å². The van der Waals surface area contributed by atoms with Gasteiger partial charge in [-0.3, -0.25) is 4.79 Å². The van der Waals surface area contributed by atoms with E-state index in [2.05, 4.69) is 28.3 Å². The Morgan fingerprint density at radius 2 is 2.32 bits per heavy atom. The summed E-state index contributed by atoms with van der Waals surface area (Å²) in [7, 11) is 2.02. The summed E-state index contributed by atoms with van der Waals surface area (Å²) in [4.78, 5) is 18.5. The Morgan fingerprint density at radius 1 is 1.53 bits per heavy atom. The number of hydrogen-bond acceptors (Lipinski definition) is 5. The van der Waals surface area contributed by atoms with Crippen LogP contribution in [-0.2, 0) is 11.2 Å². The van der Waals surface area contributed by atoms with Gasteiger partial charge in [0.1, 0.15) is 0 Å². The number of aromatic nitrogens is 1. The summed E-state index contributed by atoms with van der Waals surface area (Å²) in [6, 6.07) is 4.44. The lowest BCUT2D eigenvalue weighted by Crippen LogP contribution is -2.20. The molecule has 0 bridgehead atoms. The van der Waals surface area contributed by atoms with Crippen molar-refractivity contribution in [3.8, 4) is 0 Å². The highest BCUT2D eigenvalue weighted by Gasteiger charge is 2.16. The number of rotatable bonds is 6. The van der Waals surface area contributed by atoms with Gasteiger partial charge in [0.05, 0.1) is 18.2 Å². The first-order chi connectivity index (χ1) is 9.08. The standard InChI is InChI=1S/C13H16N2O2S2/c1-9(11-4-3-7-18-11)15(2)13-14-10(8-19-13)5-6-12(16)17/h3-4,7-9H,5-6H2,1-2H3,(H,16,17). The fourth-order valence-electron chi connectivity index (χ4n) is 1.69. The third-order valence-corrected chi connectivity index (χ3v) is 4.99. The van der Waals surface area contributed by atoms with E-state index in [1.165, 1.54) is 4.88 Å².